The Balaban J connectivity index is 2.92. The van der Waals surface area contributed by atoms with Crippen molar-refractivity contribution in [1.82, 2.24) is 0 Å². The highest BCUT2D eigenvalue weighted by molar-refractivity contribution is 8.35. The Morgan fingerprint density at radius 1 is 0.600 bits per heavy atom. The summed E-state index contributed by atoms with van der Waals surface area (Å²) in [5.41, 5.74) is 0. The lowest BCUT2D eigenvalue weighted by Gasteiger charge is -2.51. The van der Waals surface area contributed by atoms with Gasteiger partial charge in [-0.3, -0.25) is 0 Å². The summed E-state index contributed by atoms with van der Waals surface area (Å²) in [4.78, 5) is 0. The molecular weight excluding hydrogens is 240 g/mol. The predicted octanol–water partition coefficient (Wildman–Crippen LogP) is 5.58. The molecule has 1 fully saturated rings. The van der Waals surface area contributed by atoms with Gasteiger partial charge < -0.3 is 0 Å². The first-order valence-electron chi connectivity index (χ1n) is 5.91. The molecule has 0 spiro atoms. The Kier molecular flexibility index (Phi) is 4.45. The van der Waals surface area contributed by atoms with Crippen LogP contribution in [0.2, 0.25) is 0 Å². The summed E-state index contributed by atoms with van der Waals surface area (Å²) in [6.45, 7) is 14.2. The highest BCUT2D eigenvalue weighted by atomic mass is 32.3. The smallest absolute Gasteiger partial charge is 0.0608 e. The van der Waals surface area contributed by atoms with Gasteiger partial charge in [-0.25, -0.2) is 0 Å². The van der Waals surface area contributed by atoms with Crippen molar-refractivity contribution >= 4 is 35.3 Å². The summed E-state index contributed by atoms with van der Waals surface area (Å²) in [6.07, 6.45) is 3.77. The Labute approximate surface area is 108 Å². The Bertz CT molecular complexity index is 181. The van der Waals surface area contributed by atoms with Crippen LogP contribution in [0.5, 0.6) is 0 Å². The van der Waals surface area contributed by atoms with E-state index < -0.39 is 0 Å². The summed E-state index contributed by atoms with van der Waals surface area (Å²) in [5.74, 6) is 0. The number of thioether (sulfide) groups is 3. The molecule has 0 aliphatic carbocycles. The molecule has 1 aliphatic heterocycles. The fraction of sp³-hybridized carbons (Fsp3) is 1.00. The quantitative estimate of drug-likeness (QED) is 0.653. The van der Waals surface area contributed by atoms with Crippen molar-refractivity contribution in [3.63, 3.8) is 0 Å². The fourth-order valence-electron chi connectivity index (χ4n) is 1.87. The molecular formula is C12H24S3. The van der Waals surface area contributed by atoms with Crippen LogP contribution in [-0.4, -0.2) is 12.2 Å². The van der Waals surface area contributed by atoms with E-state index in [0.717, 1.165) is 0 Å². The lowest BCUT2D eigenvalue weighted by molar-refractivity contribution is 0.743. The second kappa shape index (κ2) is 4.73. The first-order valence-corrected chi connectivity index (χ1v) is 8.36. The highest BCUT2D eigenvalue weighted by Gasteiger charge is 2.48. The van der Waals surface area contributed by atoms with E-state index >= 15 is 0 Å². The first-order chi connectivity index (χ1) is 6.80. The van der Waals surface area contributed by atoms with Gasteiger partial charge >= 0.3 is 0 Å². The average molecular weight is 265 g/mol. The molecule has 0 saturated carbocycles. The summed E-state index contributed by atoms with van der Waals surface area (Å²) in [5, 5.41) is 0. The van der Waals surface area contributed by atoms with Gasteiger partial charge in [-0.1, -0.05) is 20.8 Å². The standard InChI is InChI=1S/C12H24S3/c1-7-10(4)13-11(5,8-2)15-12(6,9-3)14-10/h7-9H2,1-6H3. The molecule has 3 heteroatoms. The van der Waals surface area contributed by atoms with Crippen LogP contribution in [0.25, 0.3) is 0 Å². The summed E-state index contributed by atoms with van der Waals surface area (Å²) < 4.78 is 1.21. The lowest BCUT2D eigenvalue weighted by atomic mass is 10.3. The van der Waals surface area contributed by atoms with Crippen LogP contribution < -0.4 is 0 Å². The Morgan fingerprint density at radius 2 is 0.800 bits per heavy atom. The van der Waals surface area contributed by atoms with E-state index in [1.165, 1.54) is 19.3 Å². The Morgan fingerprint density at radius 3 is 0.933 bits per heavy atom. The minimum atomic E-state index is 0.404. The van der Waals surface area contributed by atoms with Crippen molar-refractivity contribution in [2.24, 2.45) is 0 Å². The van der Waals surface area contributed by atoms with Crippen LogP contribution in [0, 0.1) is 0 Å². The van der Waals surface area contributed by atoms with E-state index in [2.05, 4.69) is 76.8 Å². The van der Waals surface area contributed by atoms with Gasteiger partial charge in [-0.2, -0.15) is 0 Å². The molecule has 90 valence electrons. The van der Waals surface area contributed by atoms with Crippen LogP contribution in [-0.2, 0) is 0 Å². The van der Waals surface area contributed by atoms with Crippen LogP contribution in [0.3, 0.4) is 0 Å². The van der Waals surface area contributed by atoms with Crippen molar-refractivity contribution in [2.75, 3.05) is 0 Å². The number of rotatable bonds is 3. The first kappa shape index (κ1) is 14.1. The highest BCUT2D eigenvalue weighted by Crippen LogP contribution is 2.67. The molecule has 0 amide bonds. The minimum Gasteiger partial charge on any atom is -0.127 e. The van der Waals surface area contributed by atoms with Crippen molar-refractivity contribution < 1.29 is 0 Å². The van der Waals surface area contributed by atoms with Gasteiger partial charge in [-0.15, -0.1) is 35.3 Å². The zero-order valence-corrected chi connectivity index (χ0v) is 13.3. The van der Waals surface area contributed by atoms with Gasteiger partial charge in [0.1, 0.15) is 0 Å². The number of hydrogen-bond donors (Lipinski definition) is 0. The van der Waals surface area contributed by atoms with Crippen LogP contribution >= 0.6 is 35.3 Å². The van der Waals surface area contributed by atoms with Crippen molar-refractivity contribution in [3.8, 4) is 0 Å². The van der Waals surface area contributed by atoms with E-state index in [4.69, 9.17) is 0 Å². The normalized spacial score (nSPS) is 46.8. The maximum atomic E-state index is 2.42. The Hall–Kier alpha value is 1.05. The third-order valence-electron chi connectivity index (χ3n) is 3.22. The molecule has 1 heterocycles. The molecule has 0 radical (unpaired) electrons. The van der Waals surface area contributed by atoms with E-state index in [1.54, 1.807) is 0 Å². The fourth-order valence-corrected chi connectivity index (χ4v) is 9.76. The average Bonchev–Trinajstić information content (AvgIpc) is 2.16. The molecule has 0 bridgehead atoms. The second-order valence-electron chi connectivity index (χ2n) is 4.77. The largest absolute Gasteiger partial charge is 0.127 e. The monoisotopic (exact) mass is 264 g/mol. The lowest BCUT2D eigenvalue weighted by Crippen LogP contribution is -2.38. The molecule has 0 nitrogen and oxygen atoms in total. The zero-order chi connectivity index (χ0) is 11.7. The summed E-state index contributed by atoms with van der Waals surface area (Å²) >= 11 is 6.54. The zero-order valence-electron chi connectivity index (χ0n) is 10.8. The van der Waals surface area contributed by atoms with Gasteiger partial charge in [-0.05, 0) is 40.0 Å². The summed E-state index contributed by atoms with van der Waals surface area (Å²) in [6, 6.07) is 0. The van der Waals surface area contributed by atoms with Crippen LogP contribution in [0.15, 0.2) is 0 Å². The van der Waals surface area contributed by atoms with Gasteiger partial charge in [0.15, 0.2) is 0 Å². The minimum absolute atomic E-state index is 0.404. The predicted molar refractivity (Wildman–Crippen MR) is 78.9 cm³/mol. The maximum Gasteiger partial charge on any atom is 0.0608 e. The number of hydrogen-bond acceptors (Lipinski definition) is 3. The maximum absolute atomic E-state index is 2.42. The second-order valence-corrected chi connectivity index (χ2v) is 11.6. The van der Waals surface area contributed by atoms with E-state index in [0.29, 0.717) is 12.2 Å². The molecule has 0 aromatic heterocycles. The van der Waals surface area contributed by atoms with E-state index in [1.807, 2.05) is 0 Å². The third-order valence-corrected chi connectivity index (χ3v) is 9.04. The van der Waals surface area contributed by atoms with Gasteiger partial charge in [0.25, 0.3) is 0 Å². The van der Waals surface area contributed by atoms with Gasteiger partial charge in [0.2, 0.25) is 0 Å². The molecule has 1 rings (SSSR count). The van der Waals surface area contributed by atoms with Crippen LogP contribution in [0.1, 0.15) is 60.8 Å². The van der Waals surface area contributed by atoms with Crippen molar-refractivity contribution in [2.45, 2.75) is 73.0 Å². The molecule has 0 aromatic rings. The van der Waals surface area contributed by atoms with Crippen molar-refractivity contribution in [3.05, 3.63) is 0 Å². The van der Waals surface area contributed by atoms with Crippen LogP contribution in [0.4, 0.5) is 0 Å². The SMILES string of the molecule is CCC1(C)SC(C)(CC)SC(C)(CC)S1. The molecule has 15 heavy (non-hydrogen) atoms. The molecule has 0 atom stereocenters. The van der Waals surface area contributed by atoms with Crippen molar-refractivity contribution in [1.29, 1.82) is 0 Å². The van der Waals surface area contributed by atoms with E-state index in [9.17, 15) is 0 Å². The van der Waals surface area contributed by atoms with Gasteiger partial charge in [0, 0.05) is 0 Å². The molecule has 0 N–H and O–H groups in total. The van der Waals surface area contributed by atoms with Gasteiger partial charge in [0.05, 0.1) is 12.2 Å². The molecule has 0 aromatic carbocycles. The topological polar surface area (TPSA) is 0 Å². The molecule has 1 aliphatic rings. The van der Waals surface area contributed by atoms with E-state index in [-0.39, 0.29) is 0 Å². The molecule has 0 unspecified atom stereocenters. The third kappa shape index (κ3) is 3.26. The molecule has 1 saturated heterocycles. The summed E-state index contributed by atoms with van der Waals surface area (Å²) in [7, 11) is 0.